The number of aryl methyl sites for hydroxylation is 1. The van der Waals surface area contributed by atoms with Gasteiger partial charge in [-0.05, 0) is 23.6 Å². The van der Waals surface area contributed by atoms with E-state index in [0.717, 1.165) is 6.54 Å². The van der Waals surface area contributed by atoms with E-state index in [1.54, 1.807) is 0 Å². The van der Waals surface area contributed by atoms with Crippen LogP contribution in [0.15, 0.2) is 48.5 Å². The van der Waals surface area contributed by atoms with Crippen LogP contribution in [0.5, 0.6) is 0 Å². The van der Waals surface area contributed by atoms with E-state index in [4.69, 9.17) is 0 Å². The normalized spacial score (nSPS) is 18.4. The van der Waals surface area contributed by atoms with Crippen molar-refractivity contribution >= 4 is 0 Å². The fraction of sp³-hybridized carbons (Fsp3) is 0.200. The van der Waals surface area contributed by atoms with Crippen LogP contribution in [-0.2, 0) is 6.54 Å². The van der Waals surface area contributed by atoms with E-state index in [1.807, 2.05) is 0 Å². The van der Waals surface area contributed by atoms with E-state index in [9.17, 15) is 0 Å². The lowest BCUT2D eigenvalue weighted by Crippen LogP contribution is -2.13. The predicted molar refractivity (Wildman–Crippen MR) is 66.3 cm³/mol. The third-order valence-corrected chi connectivity index (χ3v) is 3.24. The van der Waals surface area contributed by atoms with Crippen LogP contribution < -0.4 is 5.32 Å². The highest BCUT2D eigenvalue weighted by Gasteiger charge is 2.22. The first-order valence-corrected chi connectivity index (χ1v) is 5.72. The van der Waals surface area contributed by atoms with Crippen molar-refractivity contribution in [2.45, 2.75) is 19.5 Å². The molecule has 2 aromatic rings. The van der Waals surface area contributed by atoms with Crippen molar-refractivity contribution in [3.8, 4) is 0 Å². The average molecular weight is 209 g/mol. The maximum absolute atomic E-state index is 3.57. The van der Waals surface area contributed by atoms with Gasteiger partial charge < -0.3 is 5.32 Å². The largest absolute Gasteiger partial charge is 0.302 e. The Bertz CT molecular complexity index is 516. The molecule has 1 aliphatic heterocycles. The number of hydrogen-bond donors (Lipinski definition) is 1. The molecule has 0 spiro atoms. The molecule has 2 aromatic carbocycles. The van der Waals surface area contributed by atoms with Crippen LogP contribution in [0.2, 0.25) is 0 Å². The van der Waals surface area contributed by atoms with E-state index in [2.05, 4.69) is 60.8 Å². The van der Waals surface area contributed by atoms with Gasteiger partial charge in [-0.15, -0.1) is 0 Å². The van der Waals surface area contributed by atoms with Crippen LogP contribution >= 0.6 is 0 Å². The number of nitrogens with one attached hydrogen (secondary N) is 1. The van der Waals surface area contributed by atoms with Crippen molar-refractivity contribution < 1.29 is 0 Å². The Balaban J connectivity index is 2.05. The van der Waals surface area contributed by atoms with E-state index in [0.29, 0.717) is 6.04 Å². The minimum Gasteiger partial charge on any atom is -0.302 e. The molecule has 16 heavy (non-hydrogen) atoms. The SMILES string of the molecule is Cc1cccc(C2NCc3ccccc32)c1. The van der Waals surface area contributed by atoms with E-state index in [-0.39, 0.29) is 0 Å². The standard InChI is InChI=1S/C15H15N/c1-11-5-4-7-12(9-11)15-14-8-3-2-6-13(14)10-16-15/h2-9,15-16H,10H2,1H3. The Morgan fingerprint density at radius 1 is 1.06 bits per heavy atom. The van der Waals surface area contributed by atoms with E-state index in [1.165, 1.54) is 22.3 Å². The minimum atomic E-state index is 0.371. The average Bonchev–Trinajstić information content (AvgIpc) is 2.72. The van der Waals surface area contributed by atoms with Crippen LogP contribution in [0.3, 0.4) is 0 Å². The quantitative estimate of drug-likeness (QED) is 0.760. The van der Waals surface area contributed by atoms with Gasteiger partial charge in [0, 0.05) is 6.54 Å². The van der Waals surface area contributed by atoms with Gasteiger partial charge in [-0.25, -0.2) is 0 Å². The lowest BCUT2D eigenvalue weighted by molar-refractivity contribution is 0.667. The summed E-state index contributed by atoms with van der Waals surface area (Å²) in [5.74, 6) is 0. The summed E-state index contributed by atoms with van der Waals surface area (Å²) >= 11 is 0. The molecule has 1 unspecified atom stereocenters. The van der Waals surface area contributed by atoms with Gasteiger partial charge in [0.1, 0.15) is 0 Å². The topological polar surface area (TPSA) is 12.0 Å². The van der Waals surface area contributed by atoms with Crippen molar-refractivity contribution in [1.82, 2.24) is 5.32 Å². The van der Waals surface area contributed by atoms with Gasteiger partial charge in [0.2, 0.25) is 0 Å². The summed E-state index contributed by atoms with van der Waals surface area (Å²) in [5, 5.41) is 3.57. The molecule has 0 bridgehead atoms. The summed E-state index contributed by atoms with van der Waals surface area (Å²) in [6.07, 6.45) is 0. The van der Waals surface area contributed by atoms with Gasteiger partial charge >= 0.3 is 0 Å². The molecular formula is C15H15N. The van der Waals surface area contributed by atoms with Crippen molar-refractivity contribution in [3.05, 3.63) is 70.8 Å². The van der Waals surface area contributed by atoms with Crippen LogP contribution in [0.25, 0.3) is 0 Å². The zero-order valence-corrected chi connectivity index (χ0v) is 9.40. The fourth-order valence-electron chi connectivity index (χ4n) is 2.45. The summed E-state index contributed by atoms with van der Waals surface area (Å²) in [4.78, 5) is 0. The summed E-state index contributed by atoms with van der Waals surface area (Å²) < 4.78 is 0. The Kier molecular flexibility index (Phi) is 2.26. The van der Waals surface area contributed by atoms with E-state index < -0.39 is 0 Å². The summed E-state index contributed by atoms with van der Waals surface area (Å²) in [7, 11) is 0. The van der Waals surface area contributed by atoms with Gasteiger partial charge in [-0.1, -0.05) is 54.1 Å². The van der Waals surface area contributed by atoms with Gasteiger partial charge in [-0.2, -0.15) is 0 Å². The molecule has 0 saturated carbocycles. The van der Waals surface area contributed by atoms with Crippen molar-refractivity contribution in [3.63, 3.8) is 0 Å². The number of rotatable bonds is 1. The molecule has 0 saturated heterocycles. The van der Waals surface area contributed by atoms with Gasteiger partial charge in [0.05, 0.1) is 6.04 Å². The van der Waals surface area contributed by atoms with Crippen LogP contribution in [0, 0.1) is 6.92 Å². The summed E-state index contributed by atoms with van der Waals surface area (Å²) in [5.41, 5.74) is 5.54. The fourth-order valence-corrected chi connectivity index (χ4v) is 2.45. The Hall–Kier alpha value is -1.60. The Morgan fingerprint density at radius 2 is 1.94 bits per heavy atom. The number of fused-ring (bicyclic) bond motifs is 1. The third-order valence-electron chi connectivity index (χ3n) is 3.24. The lowest BCUT2D eigenvalue weighted by atomic mass is 9.97. The molecule has 80 valence electrons. The predicted octanol–water partition coefficient (Wildman–Crippen LogP) is 3.19. The molecule has 1 aliphatic rings. The highest BCUT2D eigenvalue weighted by atomic mass is 14.9. The first-order chi connectivity index (χ1) is 7.84. The molecule has 1 nitrogen and oxygen atoms in total. The number of benzene rings is 2. The van der Waals surface area contributed by atoms with Crippen LogP contribution in [0.4, 0.5) is 0 Å². The van der Waals surface area contributed by atoms with Crippen molar-refractivity contribution in [2.75, 3.05) is 0 Å². The van der Waals surface area contributed by atoms with Gasteiger partial charge in [0.15, 0.2) is 0 Å². The molecule has 0 fully saturated rings. The lowest BCUT2D eigenvalue weighted by Gasteiger charge is -2.13. The molecule has 1 atom stereocenters. The molecule has 1 heteroatoms. The zero-order valence-electron chi connectivity index (χ0n) is 9.40. The maximum Gasteiger partial charge on any atom is 0.0582 e. The molecule has 0 aliphatic carbocycles. The third kappa shape index (κ3) is 1.54. The Labute approximate surface area is 96.1 Å². The van der Waals surface area contributed by atoms with Gasteiger partial charge in [0.25, 0.3) is 0 Å². The summed E-state index contributed by atoms with van der Waals surface area (Å²) in [6.45, 7) is 3.12. The second-order valence-electron chi connectivity index (χ2n) is 4.43. The maximum atomic E-state index is 3.57. The molecular weight excluding hydrogens is 194 g/mol. The second kappa shape index (κ2) is 3.76. The number of hydrogen-bond acceptors (Lipinski definition) is 1. The molecule has 1 N–H and O–H groups in total. The first kappa shape index (κ1) is 9.61. The molecule has 0 amide bonds. The van der Waals surface area contributed by atoms with Crippen LogP contribution in [0.1, 0.15) is 28.3 Å². The molecule has 0 radical (unpaired) electrons. The van der Waals surface area contributed by atoms with E-state index >= 15 is 0 Å². The van der Waals surface area contributed by atoms with Crippen LogP contribution in [-0.4, -0.2) is 0 Å². The summed E-state index contributed by atoms with van der Waals surface area (Å²) in [6, 6.07) is 17.8. The molecule has 0 aromatic heterocycles. The van der Waals surface area contributed by atoms with Gasteiger partial charge in [-0.3, -0.25) is 0 Å². The highest BCUT2D eigenvalue weighted by Crippen LogP contribution is 2.30. The van der Waals surface area contributed by atoms with Crippen molar-refractivity contribution in [2.24, 2.45) is 0 Å². The highest BCUT2D eigenvalue weighted by molar-refractivity contribution is 5.41. The molecule has 3 rings (SSSR count). The molecule has 1 heterocycles. The Morgan fingerprint density at radius 3 is 2.81 bits per heavy atom. The monoisotopic (exact) mass is 209 g/mol. The van der Waals surface area contributed by atoms with Crippen molar-refractivity contribution in [1.29, 1.82) is 0 Å². The first-order valence-electron chi connectivity index (χ1n) is 5.72. The second-order valence-corrected chi connectivity index (χ2v) is 4.43. The smallest absolute Gasteiger partial charge is 0.0582 e. The minimum absolute atomic E-state index is 0.371. The zero-order chi connectivity index (χ0) is 11.0.